The third-order valence-corrected chi connectivity index (χ3v) is 3.06. The number of benzene rings is 1. The Morgan fingerprint density at radius 2 is 1.94 bits per heavy atom. The van der Waals surface area contributed by atoms with E-state index in [2.05, 4.69) is 29.8 Å². The maximum atomic E-state index is 12.8. The number of hydrogen-bond donors (Lipinski definition) is 0. The SMILES string of the molecule is CCCC(C)OC(CBr)c1ccc(F)cc1. The zero-order valence-electron chi connectivity index (χ0n) is 9.75. The van der Waals surface area contributed by atoms with Gasteiger partial charge in [0.05, 0.1) is 12.2 Å². The molecule has 0 radical (unpaired) electrons. The molecule has 0 bridgehead atoms. The number of hydrogen-bond acceptors (Lipinski definition) is 1. The van der Waals surface area contributed by atoms with Crippen molar-refractivity contribution < 1.29 is 9.13 Å². The quantitative estimate of drug-likeness (QED) is 0.702. The highest BCUT2D eigenvalue weighted by atomic mass is 79.9. The van der Waals surface area contributed by atoms with E-state index < -0.39 is 0 Å². The number of ether oxygens (including phenoxy) is 1. The summed E-state index contributed by atoms with van der Waals surface area (Å²) in [4.78, 5) is 0. The van der Waals surface area contributed by atoms with Crippen LogP contribution < -0.4 is 0 Å². The fourth-order valence-electron chi connectivity index (χ4n) is 1.64. The fraction of sp³-hybridized carbons (Fsp3) is 0.538. The molecule has 1 rings (SSSR count). The van der Waals surface area contributed by atoms with Gasteiger partial charge in [0, 0.05) is 5.33 Å². The van der Waals surface area contributed by atoms with Gasteiger partial charge < -0.3 is 4.74 Å². The summed E-state index contributed by atoms with van der Waals surface area (Å²) < 4.78 is 18.7. The first-order valence-corrected chi connectivity index (χ1v) is 6.76. The van der Waals surface area contributed by atoms with Crippen LogP contribution in [0.15, 0.2) is 24.3 Å². The Morgan fingerprint density at radius 1 is 1.31 bits per heavy atom. The summed E-state index contributed by atoms with van der Waals surface area (Å²) in [5.41, 5.74) is 1.02. The van der Waals surface area contributed by atoms with Crippen molar-refractivity contribution in [1.82, 2.24) is 0 Å². The summed E-state index contributed by atoms with van der Waals surface area (Å²) in [6.07, 6.45) is 2.39. The van der Waals surface area contributed by atoms with Crippen LogP contribution in [0.2, 0.25) is 0 Å². The molecular formula is C13H18BrFO. The van der Waals surface area contributed by atoms with Crippen molar-refractivity contribution in [2.45, 2.75) is 38.9 Å². The van der Waals surface area contributed by atoms with Gasteiger partial charge in [0.2, 0.25) is 0 Å². The van der Waals surface area contributed by atoms with Crippen LogP contribution in [0.5, 0.6) is 0 Å². The second-order valence-electron chi connectivity index (χ2n) is 3.93. The third-order valence-electron chi connectivity index (χ3n) is 2.47. The summed E-state index contributed by atoms with van der Waals surface area (Å²) >= 11 is 3.43. The number of alkyl halides is 1. The lowest BCUT2D eigenvalue weighted by Crippen LogP contribution is -2.14. The maximum absolute atomic E-state index is 12.8. The first-order chi connectivity index (χ1) is 7.67. The van der Waals surface area contributed by atoms with Gasteiger partial charge in [0.1, 0.15) is 5.82 Å². The average molecular weight is 289 g/mol. The molecule has 3 heteroatoms. The summed E-state index contributed by atoms with van der Waals surface area (Å²) in [7, 11) is 0. The van der Waals surface area contributed by atoms with Gasteiger partial charge in [-0.15, -0.1) is 0 Å². The van der Waals surface area contributed by atoms with E-state index in [1.165, 1.54) is 12.1 Å². The molecule has 90 valence electrons. The predicted molar refractivity (Wildman–Crippen MR) is 68.4 cm³/mol. The molecule has 2 unspecified atom stereocenters. The van der Waals surface area contributed by atoms with E-state index in [0.29, 0.717) is 0 Å². The van der Waals surface area contributed by atoms with Crippen LogP contribution >= 0.6 is 15.9 Å². The lowest BCUT2D eigenvalue weighted by molar-refractivity contribution is 0.00587. The molecule has 0 aromatic heterocycles. The molecule has 0 heterocycles. The normalized spacial score (nSPS) is 14.8. The van der Waals surface area contributed by atoms with Gasteiger partial charge in [0.15, 0.2) is 0 Å². The topological polar surface area (TPSA) is 9.23 Å². The molecule has 0 saturated heterocycles. The molecular weight excluding hydrogens is 271 g/mol. The van der Waals surface area contributed by atoms with Crippen LogP contribution in [0.1, 0.15) is 38.4 Å². The van der Waals surface area contributed by atoms with Crippen LogP contribution in [-0.2, 0) is 4.74 Å². The molecule has 1 nitrogen and oxygen atoms in total. The first kappa shape index (κ1) is 13.7. The third kappa shape index (κ3) is 4.22. The van der Waals surface area contributed by atoms with Crippen molar-refractivity contribution in [2.75, 3.05) is 5.33 Å². The smallest absolute Gasteiger partial charge is 0.123 e. The summed E-state index contributed by atoms with van der Waals surface area (Å²) in [5, 5.41) is 0.729. The lowest BCUT2D eigenvalue weighted by atomic mass is 10.1. The molecule has 16 heavy (non-hydrogen) atoms. The van der Waals surface area contributed by atoms with E-state index in [1.807, 2.05) is 0 Å². The van der Waals surface area contributed by atoms with Gasteiger partial charge in [-0.05, 0) is 31.0 Å². The lowest BCUT2D eigenvalue weighted by Gasteiger charge is -2.20. The molecule has 1 aromatic carbocycles. The molecule has 0 amide bonds. The Hall–Kier alpha value is -0.410. The Labute approximate surface area is 105 Å². The van der Waals surface area contributed by atoms with Crippen LogP contribution in [0.3, 0.4) is 0 Å². The van der Waals surface area contributed by atoms with Crippen molar-refractivity contribution in [3.63, 3.8) is 0 Å². The Balaban J connectivity index is 2.63. The molecule has 0 saturated carbocycles. The van der Waals surface area contributed by atoms with Gasteiger partial charge >= 0.3 is 0 Å². The van der Waals surface area contributed by atoms with Crippen molar-refractivity contribution in [1.29, 1.82) is 0 Å². The predicted octanol–water partition coefficient (Wildman–Crippen LogP) is 4.47. The van der Waals surface area contributed by atoms with Gasteiger partial charge in [-0.3, -0.25) is 0 Å². The van der Waals surface area contributed by atoms with Gasteiger partial charge in [0.25, 0.3) is 0 Å². The molecule has 0 aliphatic carbocycles. The van der Waals surface area contributed by atoms with E-state index in [4.69, 9.17) is 4.74 Å². The highest BCUT2D eigenvalue weighted by molar-refractivity contribution is 9.09. The molecule has 0 aliphatic heterocycles. The first-order valence-electron chi connectivity index (χ1n) is 5.64. The van der Waals surface area contributed by atoms with Crippen molar-refractivity contribution in [3.8, 4) is 0 Å². The van der Waals surface area contributed by atoms with Crippen molar-refractivity contribution >= 4 is 15.9 Å². The Bertz CT molecular complexity index is 299. The van der Waals surface area contributed by atoms with Crippen molar-refractivity contribution in [2.24, 2.45) is 0 Å². The molecule has 0 aliphatic rings. The largest absolute Gasteiger partial charge is 0.370 e. The van der Waals surface area contributed by atoms with Crippen molar-refractivity contribution in [3.05, 3.63) is 35.6 Å². The molecule has 0 spiro atoms. The molecule has 1 aromatic rings. The summed E-state index contributed by atoms with van der Waals surface area (Å²) in [6, 6.07) is 6.50. The average Bonchev–Trinajstić information content (AvgIpc) is 2.27. The second-order valence-corrected chi connectivity index (χ2v) is 4.58. The van der Waals surface area contributed by atoms with Gasteiger partial charge in [-0.1, -0.05) is 41.4 Å². The Morgan fingerprint density at radius 3 is 2.44 bits per heavy atom. The van der Waals surface area contributed by atoms with Crippen LogP contribution in [0.4, 0.5) is 4.39 Å². The molecule has 0 N–H and O–H groups in total. The van der Waals surface area contributed by atoms with E-state index >= 15 is 0 Å². The minimum absolute atomic E-state index is 0.00199. The maximum Gasteiger partial charge on any atom is 0.123 e. The fourth-order valence-corrected chi connectivity index (χ4v) is 2.16. The summed E-state index contributed by atoms with van der Waals surface area (Å²) in [6.45, 7) is 4.21. The van der Waals surface area contributed by atoms with E-state index in [9.17, 15) is 4.39 Å². The molecule has 2 atom stereocenters. The van der Waals surface area contributed by atoms with E-state index in [0.717, 1.165) is 23.7 Å². The highest BCUT2D eigenvalue weighted by Crippen LogP contribution is 2.22. The summed E-state index contributed by atoms with van der Waals surface area (Å²) in [5.74, 6) is -0.210. The highest BCUT2D eigenvalue weighted by Gasteiger charge is 2.13. The van der Waals surface area contributed by atoms with Crippen LogP contribution in [0.25, 0.3) is 0 Å². The van der Waals surface area contributed by atoms with Crippen LogP contribution in [-0.4, -0.2) is 11.4 Å². The second kappa shape index (κ2) is 7.02. The minimum atomic E-state index is -0.210. The van der Waals surface area contributed by atoms with Gasteiger partial charge in [-0.25, -0.2) is 4.39 Å². The van der Waals surface area contributed by atoms with E-state index in [1.54, 1.807) is 12.1 Å². The molecule has 0 fully saturated rings. The number of rotatable bonds is 6. The number of halogens is 2. The monoisotopic (exact) mass is 288 g/mol. The standard InChI is InChI=1S/C13H18BrFO/c1-3-4-10(2)16-13(9-14)11-5-7-12(15)8-6-11/h5-8,10,13H,3-4,9H2,1-2H3. The Kier molecular flexibility index (Phi) is 5.99. The zero-order valence-corrected chi connectivity index (χ0v) is 11.3. The van der Waals surface area contributed by atoms with E-state index in [-0.39, 0.29) is 18.0 Å². The zero-order chi connectivity index (χ0) is 12.0. The van der Waals surface area contributed by atoms with Gasteiger partial charge in [-0.2, -0.15) is 0 Å². The van der Waals surface area contributed by atoms with Crippen LogP contribution in [0, 0.1) is 5.82 Å². The minimum Gasteiger partial charge on any atom is -0.370 e.